The monoisotopic (exact) mass is 255 g/mol. The first-order valence-corrected chi connectivity index (χ1v) is 6.77. The van der Waals surface area contributed by atoms with E-state index >= 15 is 0 Å². The van der Waals surface area contributed by atoms with Crippen LogP contribution in [0.15, 0.2) is 54.6 Å². The first-order valence-electron chi connectivity index (χ1n) is 6.77. The molecule has 0 aliphatic rings. The zero-order valence-electron chi connectivity index (χ0n) is 11.3. The smallest absolute Gasteiger partial charge is 0.0773 e. The van der Waals surface area contributed by atoms with Gasteiger partial charge in [0.2, 0.25) is 0 Å². The first-order chi connectivity index (χ1) is 9.20. The maximum absolute atomic E-state index is 10.2. The standard InChI is InChI=1S/C17H21NO/c1-2-13-8-10-15(11-9-13)17(18)16(19)12-14-6-4-3-5-7-14/h3-11,16-17,19H,2,12,18H2,1H3/t16-,17+/m0/s1. The van der Waals surface area contributed by atoms with Gasteiger partial charge in [-0.05, 0) is 23.1 Å². The summed E-state index contributed by atoms with van der Waals surface area (Å²) in [4.78, 5) is 0. The second-order valence-corrected chi connectivity index (χ2v) is 4.88. The number of hydrogen-bond acceptors (Lipinski definition) is 2. The summed E-state index contributed by atoms with van der Waals surface area (Å²) in [5.41, 5.74) is 9.51. The van der Waals surface area contributed by atoms with E-state index in [1.165, 1.54) is 5.56 Å². The lowest BCUT2D eigenvalue weighted by atomic mass is 9.96. The molecule has 0 bridgehead atoms. The summed E-state index contributed by atoms with van der Waals surface area (Å²) in [6, 6.07) is 17.8. The molecule has 3 N–H and O–H groups in total. The van der Waals surface area contributed by atoms with Crippen LogP contribution in [-0.4, -0.2) is 11.2 Å². The highest BCUT2D eigenvalue weighted by molar-refractivity contribution is 5.26. The van der Waals surface area contributed by atoms with Crippen LogP contribution in [-0.2, 0) is 12.8 Å². The van der Waals surface area contributed by atoms with Gasteiger partial charge in [0, 0.05) is 6.42 Å². The van der Waals surface area contributed by atoms with Crippen molar-refractivity contribution in [1.29, 1.82) is 0 Å². The fourth-order valence-corrected chi connectivity index (χ4v) is 2.18. The van der Waals surface area contributed by atoms with Crippen LogP contribution in [0.2, 0.25) is 0 Å². The third-order valence-corrected chi connectivity index (χ3v) is 3.48. The van der Waals surface area contributed by atoms with Gasteiger partial charge in [-0.15, -0.1) is 0 Å². The van der Waals surface area contributed by atoms with Gasteiger partial charge in [-0.1, -0.05) is 61.5 Å². The molecule has 2 aromatic carbocycles. The van der Waals surface area contributed by atoms with Gasteiger partial charge in [-0.3, -0.25) is 0 Å². The molecule has 0 aliphatic carbocycles. The lowest BCUT2D eigenvalue weighted by molar-refractivity contribution is 0.145. The van der Waals surface area contributed by atoms with E-state index < -0.39 is 6.10 Å². The van der Waals surface area contributed by atoms with Crippen molar-refractivity contribution >= 4 is 0 Å². The molecule has 2 aromatic rings. The first kappa shape index (κ1) is 13.8. The highest BCUT2D eigenvalue weighted by Crippen LogP contribution is 2.18. The minimum absolute atomic E-state index is 0.342. The molecule has 0 spiro atoms. The molecule has 0 heterocycles. The summed E-state index contributed by atoms with van der Waals surface area (Å²) in [7, 11) is 0. The molecular formula is C17H21NO. The van der Waals surface area contributed by atoms with Crippen molar-refractivity contribution in [2.75, 3.05) is 0 Å². The summed E-state index contributed by atoms with van der Waals surface area (Å²) < 4.78 is 0. The second kappa shape index (κ2) is 6.50. The van der Waals surface area contributed by atoms with E-state index in [9.17, 15) is 5.11 Å². The van der Waals surface area contributed by atoms with Gasteiger partial charge in [-0.25, -0.2) is 0 Å². The molecule has 0 saturated carbocycles. The number of benzene rings is 2. The van der Waals surface area contributed by atoms with E-state index in [2.05, 4.69) is 19.1 Å². The van der Waals surface area contributed by atoms with Crippen molar-refractivity contribution in [3.63, 3.8) is 0 Å². The van der Waals surface area contributed by atoms with Gasteiger partial charge >= 0.3 is 0 Å². The summed E-state index contributed by atoms with van der Waals surface area (Å²) in [6.45, 7) is 2.12. The topological polar surface area (TPSA) is 46.2 Å². The number of aliphatic hydroxyl groups is 1. The predicted octanol–water partition coefficient (Wildman–Crippen LogP) is 2.85. The molecule has 0 saturated heterocycles. The van der Waals surface area contributed by atoms with Crippen LogP contribution in [0, 0.1) is 0 Å². The number of nitrogens with two attached hydrogens (primary N) is 1. The largest absolute Gasteiger partial charge is 0.391 e. The zero-order chi connectivity index (χ0) is 13.7. The molecule has 2 nitrogen and oxygen atoms in total. The second-order valence-electron chi connectivity index (χ2n) is 4.88. The maximum atomic E-state index is 10.2. The number of aliphatic hydroxyl groups excluding tert-OH is 1. The average Bonchev–Trinajstić information content (AvgIpc) is 2.47. The van der Waals surface area contributed by atoms with E-state index in [4.69, 9.17) is 5.73 Å². The van der Waals surface area contributed by atoms with E-state index in [0.29, 0.717) is 6.42 Å². The van der Waals surface area contributed by atoms with E-state index in [-0.39, 0.29) is 6.04 Å². The Hall–Kier alpha value is -1.64. The Morgan fingerprint density at radius 1 is 0.947 bits per heavy atom. The Labute approximate surface area is 114 Å². The van der Waals surface area contributed by atoms with Crippen LogP contribution in [0.1, 0.15) is 29.7 Å². The number of rotatable bonds is 5. The van der Waals surface area contributed by atoms with Crippen molar-refractivity contribution in [3.05, 3.63) is 71.3 Å². The Morgan fingerprint density at radius 3 is 2.16 bits per heavy atom. The summed E-state index contributed by atoms with van der Waals surface area (Å²) >= 11 is 0. The molecule has 0 amide bonds. The van der Waals surface area contributed by atoms with Crippen LogP contribution in [0.3, 0.4) is 0 Å². The molecule has 2 heteroatoms. The van der Waals surface area contributed by atoms with Crippen molar-refractivity contribution in [2.24, 2.45) is 5.73 Å². The quantitative estimate of drug-likeness (QED) is 0.863. The van der Waals surface area contributed by atoms with Crippen molar-refractivity contribution < 1.29 is 5.11 Å². The molecule has 19 heavy (non-hydrogen) atoms. The minimum atomic E-state index is -0.560. The SMILES string of the molecule is CCc1ccc([C@@H](N)[C@@H](O)Cc2ccccc2)cc1. The molecule has 2 rings (SSSR count). The van der Waals surface area contributed by atoms with Crippen LogP contribution in [0.4, 0.5) is 0 Å². The maximum Gasteiger partial charge on any atom is 0.0773 e. The van der Waals surface area contributed by atoms with Gasteiger partial charge in [0.15, 0.2) is 0 Å². The normalized spacial score (nSPS) is 14.1. The third-order valence-electron chi connectivity index (χ3n) is 3.48. The van der Waals surface area contributed by atoms with Crippen molar-refractivity contribution in [3.8, 4) is 0 Å². The summed E-state index contributed by atoms with van der Waals surface area (Å²) in [5.74, 6) is 0. The molecule has 100 valence electrons. The average molecular weight is 255 g/mol. The van der Waals surface area contributed by atoms with Crippen LogP contribution in [0.25, 0.3) is 0 Å². The molecule has 0 radical (unpaired) electrons. The van der Waals surface area contributed by atoms with Crippen molar-refractivity contribution in [1.82, 2.24) is 0 Å². The predicted molar refractivity (Wildman–Crippen MR) is 78.9 cm³/mol. The third kappa shape index (κ3) is 3.66. The lowest BCUT2D eigenvalue weighted by Gasteiger charge is -2.19. The highest BCUT2D eigenvalue weighted by atomic mass is 16.3. The van der Waals surface area contributed by atoms with E-state index in [1.807, 2.05) is 42.5 Å². The fourth-order valence-electron chi connectivity index (χ4n) is 2.18. The van der Waals surface area contributed by atoms with E-state index in [0.717, 1.165) is 17.5 Å². The summed E-state index contributed by atoms with van der Waals surface area (Å²) in [6.07, 6.45) is 1.04. The van der Waals surface area contributed by atoms with Crippen LogP contribution in [0.5, 0.6) is 0 Å². The van der Waals surface area contributed by atoms with Crippen molar-refractivity contribution in [2.45, 2.75) is 31.9 Å². The Morgan fingerprint density at radius 2 is 1.58 bits per heavy atom. The van der Waals surface area contributed by atoms with Crippen LogP contribution < -0.4 is 5.73 Å². The van der Waals surface area contributed by atoms with Gasteiger partial charge in [0.25, 0.3) is 0 Å². The molecule has 2 atom stereocenters. The highest BCUT2D eigenvalue weighted by Gasteiger charge is 2.17. The van der Waals surface area contributed by atoms with Gasteiger partial charge < -0.3 is 10.8 Å². The molecule has 0 aromatic heterocycles. The Balaban J connectivity index is 2.03. The van der Waals surface area contributed by atoms with Gasteiger partial charge in [0.1, 0.15) is 0 Å². The fraction of sp³-hybridized carbons (Fsp3) is 0.294. The van der Waals surface area contributed by atoms with Gasteiger partial charge in [0.05, 0.1) is 12.1 Å². The molecule has 0 aliphatic heterocycles. The van der Waals surface area contributed by atoms with Crippen LogP contribution >= 0.6 is 0 Å². The minimum Gasteiger partial charge on any atom is -0.391 e. The van der Waals surface area contributed by atoms with E-state index in [1.54, 1.807) is 0 Å². The lowest BCUT2D eigenvalue weighted by Crippen LogP contribution is -2.28. The summed E-state index contributed by atoms with van der Waals surface area (Å²) in [5, 5.41) is 10.2. The number of hydrogen-bond donors (Lipinski definition) is 2. The Bertz CT molecular complexity index is 492. The molecular weight excluding hydrogens is 234 g/mol. The zero-order valence-corrected chi connectivity index (χ0v) is 11.3. The van der Waals surface area contributed by atoms with Gasteiger partial charge in [-0.2, -0.15) is 0 Å². The number of aryl methyl sites for hydroxylation is 1. The molecule has 0 fully saturated rings. The molecule has 0 unspecified atom stereocenters. The Kier molecular flexibility index (Phi) is 4.72.